The number of rotatable bonds is 6. The van der Waals surface area contributed by atoms with E-state index in [4.69, 9.17) is 0 Å². The molecule has 3 heteroatoms. The number of fused-ring (bicyclic) bond motifs is 11. The molecule has 0 aliphatic heterocycles. The molecule has 12 aromatic carbocycles. The second-order valence-electron chi connectivity index (χ2n) is 18.9. The van der Waals surface area contributed by atoms with E-state index in [1.165, 1.54) is 115 Å². The van der Waals surface area contributed by atoms with Gasteiger partial charge in [0.15, 0.2) is 0 Å². The van der Waals surface area contributed by atoms with Gasteiger partial charge in [-0.25, -0.2) is 0 Å². The first-order valence-electron chi connectivity index (χ1n) is 24.5. The van der Waals surface area contributed by atoms with E-state index in [-0.39, 0.29) is 0 Å². The molecule has 0 spiro atoms. The van der Waals surface area contributed by atoms with E-state index in [1.54, 1.807) is 0 Å². The van der Waals surface area contributed by atoms with Crippen LogP contribution in [0.5, 0.6) is 0 Å². The summed E-state index contributed by atoms with van der Waals surface area (Å²) in [7, 11) is 0. The van der Waals surface area contributed by atoms with Crippen LogP contribution in [0.3, 0.4) is 0 Å². The van der Waals surface area contributed by atoms with Gasteiger partial charge in [-0.05, 0) is 141 Å². The third kappa shape index (κ3) is 6.16. The van der Waals surface area contributed by atoms with Crippen molar-refractivity contribution >= 4 is 87.0 Å². The van der Waals surface area contributed by atoms with Gasteiger partial charge in [0.1, 0.15) is 0 Å². The molecular formula is C68H43N3. The molecule has 71 heavy (non-hydrogen) atoms. The van der Waals surface area contributed by atoms with Gasteiger partial charge in [0.25, 0.3) is 0 Å². The van der Waals surface area contributed by atoms with E-state index in [1.807, 2.05) is 0 Å². The molecule has 0 radical (unpaired) electrons. The second-order valence-corrected chi connectivity index (χ2v) is 18.9. The minimum Gasteiger partial charge on any atom is -0.309 e. The lowest BCUT2D eigenvalue weighted by atomic mass is 9.96. The van der Waals surface area contributed by atoms with Gasteiger partial charge < -0.3 is 13.7 Å². The standard InChI is InChI=1S/C68H43N3/c1-2-16-47-38-48(29-28-44(47)14-1)45-30-34-53(35-31-45)69-65-25-11-7-21-58(65)60-42-49(32-36-67(60)69)51-39-52(41-54(40-51)70-63-23-9-5-19-56(63)57-20-6-10-24-64(57)70)50-33-37-68-61(43-50)59-22-8-12-26-66(59)71(68)62-27-13-17-46-15-3-4-18-55(46)62/h1-43H. The molecule has 0 fully saturated rings. The Kier molecular flexibility index (Phi) is 8.66. The number of hydrogen-bond donors (Lipinski definition) is 0. The van der Waals surface area contributed by atoms with E-state index in [0.717, 1.165) is 22.5 Å². The molecule has 15 aromatic rings. The lowest BCUT2D eigenvalue weighted by Gasteiger charge is -2.15. The summed E-state index contributed by atoms with van der Waals surface area (Å²) in [6, 6.07) is 96.3. The van der Waals surface area contributed by atoms with E-state index in [0.29, 0.717) is 0 Å². The Morgan fingerprint density at radius 1 is 0.183 bits per heavy atom. The van der Waals surface area contributed by atoms with Gasteiger partial charge in [0, 0.05) is 49.1 Å². The molecule has 0 amide bonds. The molecule has 3 heterocycles. The van der Waals surface area contributed by atoms with Crippen LogP contribution in [0.25, 0.3) is 137 Å². The van der Waals surface area contributed by atoms with Crippen molar-refractivity contribution < 1.29 is 0 Å². The Morgan fingerprint density at radius 2 is 0.592 bits per heavy atom. The first-order chi connectivity index (χ1) is 35.2. The maximum atomic E-state index is 2.45. The zero-order valence-electron chi connectivity index (χ0n) is 38.7. The molecule has 0 aliphatic carbocycles. The summed E-state index contributed by atoms with van der Waals surface area (Å²) < 4.78 is 7.32. The zero-order valence-corrected chi connectivity index (χ0v) is 38.7. The number of para-hydroxylation sites is 4. The average Bonchev–Trinajstić information content (AvgIpc) is 4.08. The molecule has 0 N–H and O–H groups in total. The fourth-order valence-corrected chi connectivity index (χ4v) is 11.7. The van der Waals surface area contributed by atoms with Crippen LogP contribution in [-0.4, -0.2) is 13.7 Å². The van der Waals surface area contributed by atoms with E-state index >= 15 is 0 Å². The first-order valence-corrected chi connectivity index (χ1v) is 24.5. The smallest absolute Gasteiger partial charge is 0.0541 e. The van der Waals surface area contributed by atoms with Crippen LogP contribution in [0.4, 0.5) is 0 Å². The Labute approximate surface area is 409 Å². The van der Waals surface area contributed by atoms with Crippen molar-refractivity contribution in [2.75, 3.05) is 0 Å². The van der Waals surface area contributed by atoms with E-state index < -0.39 is 0 Å². The van der Waals surface area contributed by atoms with Gasteiger partial charge in [-0.3, -0.25) is 0 Å². The third-order valence-electron chi connectivity index (χ3n) is 15.0. The molecule has 3 nitrogen and oxygen atoms in total. The van der Waals surface area contributed by atoms with Gasteiger partial charge in [0.05, 0.1) is 38.8 Å². The summed E-state index contributed by atoms with van der Waals surface area (Å²) in [5.74, 6) is 0. The quantitative estimate of drug-likeness (QED) is 0.158. The van der Waals surface area contributed by atoms with E-state index in [2.05, 4.69) is 275 Å². The summed E-state index contributed by atoms with van der Waals surface area (Å²) in [6.45, 7) is 0. The highest BCUT2D eigenvalue weighted by Crippen LogP contribution is 2.42. The maximum Gasteiger partial charge on any atom is 0.0541 e. The summed E-state index contributed by atoms with van der Waals surface area (Å²) in [5, 5.41) is 12.4. The summed E-state index contributed by atoms with van der Waals surface area (Å²) >= 11 is 0. The maximum absolute atomic E-state index is 2.45. The summed E-state index contributed by atoms with van der Waals surface area (Å²) in [6.07, 6.45) is 0. The van der Waals surface area contributed by atoms with Gasteiger partial charge in [-0.1, -0.05) is 170 Å². The van der Waals surface area contributed by atoms with Gasteiger partial charge >= 0.3 is 0 Å². The molecule has 0 bridgehead atoms. The van der Waals surface area contributed by atoms with E-state index in [9.17, 15) is 0 Å². The molecule has 0 unspecified atom stereocenters. The van der Waals surface area contributed by atoms with Crippen LogP contribution in [0.2, 0.25) is 0 Å². The Morgan fingerprint density at radius 3 is 1.20 bits per heavy atom. The highest BCUT2D eigenvalue weighted by Gasteiger charge is 2.19. The molecule has 0 saturated carbocycles. The van der Waals surface area contributed by atoms with Crippen molar-refractivity contribution in [3.63, 3.8) is 0 Å². The van der Waals surface area contributed by atoms with Crippen molar-refractivity contribution in [1.82, 2.24) is 13.7 Å². The van der Waals surface area contributed by atoms with Crippen molar-refractivity contribution in [2.45, 2.75) is 0 Å². The largest absolute Gasteiger partial charge is 0.309 e. The van der Waals surface area contributed by atoms with Crippen LogP contribution >= 0.6 is 0 Å². The van der Waals surface area contributed by atoms with Crippen molar-refractivity contribution in [1.29, 1.82) is 0 Å². The van der Waals surface area contributed by atoms with Crippen LogP contribution < -0.4 is 0 Å². The first kappa shape index (κ1) is 39.5. The molecule has 0 atom stereocenters. The fraction of sp³-hybridized carbons (Fsp3) is 0. The average molecular weight is 902 g/mol. The minimum atomic E-state index is 1.13. The number of benzene rings is 12. The number of aromatic nitrogens is 3. The molecule has 3 aromatic heterocycles. The molecule has 15 rings (SSSR count). The normalized spacial score (nSPS) is 11.9. The number of nitrogens with zero attached hydrogens (tertiary/aromatic N) is 3. The van der Waals surface area contributed by atoms with Crippen molar-refractivity contribution in [2.24, 2.45) is 0 Å². The van der Waals surface area contributed by atoms with Crippen LogP contribution in [-0.2, 0) is 0 Å². The Hall–Kier alpha value is -9.44. The molecule has 330 valence electrons. The van der Waals surface area contributed by atoms with Gasteiger partial charge in [-0.2, -0.15) is 0 Å². The number of hydrogen-bond acceptors (Lipinski definition) is 0. The van der Waals surface area contributed by atoms with Crippen LogP contribution in [0, 0.1) is 0 Å². The highest BCUT2D eigenvalue weighted by atomic mass is 15.0. The molecular weight excluding hydrogens is 859 g/mol. The predicted octanol–water partition coefficient (Wildman–Crippen LogP) is 18.3. The van der Waals surface area contributed by atoms with Crippen molar-refractivity contribution in [3.8, 4) is 50.4 Å². The van der Waals surface area contributed by atoms with Crippen LogP contribution in [0.1, 0.15) is 0 Å². The molecule has 0 aliphatic rings. The lowest BCUT2D eigenvalue weighted by Crippen LogP contribution is -1.96. The fourth-order valence-electron chi connectivity index (χ4n) is 11.7. The Bertz CT molecular complexity index is 4580. The van der Waals surface area contributed by atoms with Gasteiger partial charge in [0.2, 0.25) is 0 Å². The highest BCUT2D eigenvalue weighted by molar-refractivity contribution is 6.13. The lowest BCUT2D eigenvalue weighted by molar-refractivity contribution is 1.18. The zero-order chi connectivity index (χ0) is 46.6. The SMILES string of the molecule is c1ccc2cc(-c3ccc(-n4c5ccccc5c5cc(-c6cc(-c7ccc8c(c7)c7ccccc7n8-c7cccc8ccccc78)cc(-n7c8ccccc8c8ccccc87)c6)ccc54)cc3)ccc2c1. The monoisotopic (exact) mass is 901 g/mol. The molecule has 0 saturated heterocycles. The van der Waals surface area contributed by atoms with Crippen LogP contribution in [0.15, 0.2) is 261 Å². The van der Waals surface area contributed by atoms with Crippen molar-refractivity contribution in [3.05, 3.63) is 261 Å². The topological polar surface area (TPSA) is 14.8 Å². The Balaban J connectivity index is 0.918. The predicted molar refractivity (Wildman–Crippen MR) is 301 cm³/mol. The minimum absolute atomic E-state index is 1.13. The summed E-state index contributed by atoms with van der Waals surface area (Å²) in [4.78, 5) is 0. The second kappa shape index (κ2) is 15.5. The summed E-state index contributed by atoms with van der Waals surface area (Å²) in [5.41, 5.74) is 17.7. The third-order valence-corrected chi connectivity index (χ3v) is 15.0. The van der Waals surface area contributed by atoms with Gasteiger partial charge in [-0.15, -0.1) is 0 Å².